The Kier molecular flexibility index (Phi) is 9.09. The number of ether oxygens (including phenoxy) is 1. The number of methoxy groups -OCH3 is 1. The molecule has 0 fully saturated rings. The van der Waals surface area contributed by atoms with E-state index in [9.17, 15) is 9.59 Å². The van der Waals surface area contributed by atoms with Crippen molar-refractivity contribution in [1.29, 1.82) is 0 Å². The van der Waals surface area contributed by atoms with Crippen molar-refractivity contribution >= 4 is 17.5 Å². The summed E-state index contributed by atoms with van der Waals surface area (Å²) in [5.41, 5.74) is 7.80. The number of rotatable bonds is 10. The van der Waals surface area contributed by atoms with E-state index < -0.39 is 6.04 Å². The smallest absolute Gasteiger partial charge is 0.248 e. The summed E-state index contributed by atoms with van der Waals surface area (Å²) in [5, 5.41) is 5.75. The molecule has 0 aromatic heterocycles. The first kappa shape index (κ1) is 23.2. The average Bonchev–Trinajstić information content (AvgIpc) is 2.76. The molecule has 2 unspecified atom stereocenters. The standard InChI is InChI=1S/C24H31N3O3/c1-17(2)23(25)24(29)27-20(10-9-18-7-5-4-6-8-18)13-16-22(28)26-19-11-14-21(30-3)15-12-19/h4-8,11-17,20,23H,9-10,25H2,1-3H3,(H,26,28)(H,27,29). The third-order valence-corrected chi connectivity index (χ3v) is 4.77. The van der Waals surface area contributed by atoms with Crippen molar-refractivity contribution in [1.82, 2.24) is 5.32 Å². The Labute approximate surface area is 178 Å². The summed E-state index contributed by atoms with van der Waals surface area (Å²) in [4.78, 5) is 24.7. The fourth-order valence-electron chi connectivity index (χ4n) is 2.83. The zero-order valence-electron chi connectivity index (χ0n) is 17.8. The molecule has 0 bridgehead atoms. The SMILES string of the molecule is COc1ccc(NC(=O)C=CC(CCc2ccccc2)NC(=O)C(N)C(C)C)cc1. The van der Waals surface area contributed by atoms with Crippen LogP contribution in [0.2, 0.25) is 0 Å². The maximum atomic E-state index is 12.4. The van der Waals surface area contributed by atoms with Gasteiger partial charge in [-0.1, -0.05) is 50.3 Å². The van der Waals surface area contributed by atoms with Crippen molar-refractivity contribution in [2.45, 2.75) is 38.8 Å². The van der Waals surface area contributed by atoms with Crippen LogP contribution in [0.15, 0.2) is 66.7 Å². The van der Waals surface area contributed by atoms with Crippen LogP contribution in [0.4, 0.5) is 5.69 Å². The van der Waals surface area contributed by atoms with Gasteiger partial charge in [-0.25, -0.2) is 0 Å². The molecule has 2 rings (SSSR count). The summed E-state index contributed by atoms with van der Waals surface area (Å²) >= 11 is 0. The van der Waals surface area contributed by atoms with Gasteiger partial charge in [0.15, 0.2) is 0 Å². The third-order valence-electron chi connectivity index (χ3n) is 4.77. The van der Waals surface area contributed by atoms with Crippen LogP contribution in [0.25, 0.3) is 0 Å². The summed E-state index contributed by atoms with van der Waals surface area (Å²) in [6.45, 7) is 3.81. The van der Waals surface area contributed by atoms with E-state index in [1.165, 1.54) is 11.6 Å². The van der Waals surface area contributed by atoms with E-state index in [1.54, 1.807) is 37.5 Å². The van der Waals surface area contributed by atoms with Crippen molar-refractivity contribution in [2.75, 3.05) is 12.4 Å². The van der Waals surface area contributed by atoms with E-state index in [4.69, 9.17) is 10.5 Å². The van der Waals surface area contributed by atoms with Crippen molar-refractivity contribution < 1.29 is 14.3 Å². The molecular formula is C24H31N3O3. The minimum absolute atomic E-state index is 0.0297. The number of nitrogens with two attached hydrogens (primary N) is 1. The van der Waals surface area contributed by atoms with Gasteiger partial charge in [-0.15, -0.1) is 0 Å². The van der Waals surface area contributed by atoms with Gasteiger partial charge in [-0.3, -0.25) is 9.59 Å². The highest BCUT2D eigenvalue weighted by Crippen LogP contribution is 2.15. The Morgan fingerprint density at radius 1 is 1.07 bits per heavy atom. The van der Waals surface area contributed by atoms with Gasteiger partial charge in [0.2, 0.25) is 11.8 Å². The highest BCUT2D eigenvalue weighted by atomic mass is 16.5. The largest absolute Gasteiger partial charge is 0.497 e. The highest BCUT2D eigenvalue weighted by Gasteiger charge is 2.19. The molecule has 0 spiro atoms. The lowest BCUT2D eigenvalue weighted by Crippen LogP contribution is -2.47. The summed E-state index contributed by atoms with van der Waals surface area (Å²) in [5.74, 6) is 0.256. The average molecular weight is 410 g/mol. The van der Waals surface area contributed by atoms with Gasteiger partial charge in [0.25, 0.3) is 0 Å². The summed E-state index contributed by atoms with van der Waals surface area (Å²) in [7, 11) is 1.59. The first-order chi connectivity index (χ1) is 14.4. The summed E-state index contributed by atoms with van der Waals surface area (Å²) in [6, 6.07) is 16.2. The molecule has 4 N–H and O–H groups in total. The zero-order valence-corrected chi connectivity index (χ0v) is 17.8. The van der Waals surface area contributed by atoms with Gasteiger partial charge in [-0.2, -0.15) is 0 Å². The molecule has 0 aliphatic carbocycles. The number of amides is 2. The number of benzene rings is 2. The fourth-order valence-corrected chi connectivity index (χ4v) is 2.83. The minimum atomic E-state index is -0.592. The lowest BCUT2D eigenvalue weighted by atomic mass is 10.0. The predicted molar refractivity (Wildman–Crippen MR) is 120 cm³/mol. The molecule has 2 aromatic carbocycles. The van der Waals surface area contributed by atoms with Crippen molar-refractivity contribution in [3.63, 3.8) is 0 Å². The van der Waals surface area contributed by atoms with E-state index in [0.717, 1.165) is 6.42 Å². The van der Waals surface area contributed by atoms with Crippen LogP contribution in [0.1, 0.15) is 25.8 Å². The van der Waals surface area contributed by atoms with Gasteiger partial charge in [-0.05, 0) is 48.6 Å². The Hall–Kier alpha value is -3.12. The molecule has 0 saturated heterocycles. The Morgan fingerprint density at radius 2 is 1.73 bits per heavy atom. The van der Waals surface area contributed by atoms with Crippen LogP contribution < -0.4 is 21.1 Å². The van der Waals surface area contributed by atoms with E-state index >= 15 is 0 Å². The molecule has 6 heteroatoms. The maximum absolute atomic E-state index is 12.4. The molecule has 0 saturated carbocycles. The second-order valence-corrected chi connectivity index (χ2v) is 7.49. The Balaban J connectivity index is 2.01. The normalized spacial score (nSPS) is 13.1. The second kappa shape index (κ2) is 11.8. The topological polar surface area (TPSA) is 93.5 Å². The van der Waals surface area contributed by atoms with Crippen molar-refractivity contribution in [3.8, 4) is 5.75 Å². The van der Waals surface area contributed by atoms with Crippen LogP contribution in [0.5, 0.6) is 5.75 Å². The van der Waals surface area contributed by atoms with E-state index in [-0.39, 0.29) is 23.8 Å². The van der Waals surface area contributed by atoms with Crippen LogP contribution >= 0.6 is 0 Å². The fraction of sp³-hybridized carbons (Fsp3) is 0.333. The van der Waals surface area contributed by atoms with Crippen LogP contribution in [-0.2, 0) is 16.0 Å². The first-order valence-electron chi connectivity index (χ1n) is 10.1. The van der Waals surface area contributed by atoms with Gasteiger partial charge >= 0.3 is 0 Å². The predicted octanol–water partition coefficient (Wildman–Crippen LogP) is 3.29. The lowest BCUT2D eigenvalue weighted by molar-refractivity contribution is -0.123. The van der Waals surface area contributed by atoms with Crippen molar-refractivity contribution in [3.05, 3.63) is 72.3 Å². The van der Waals surface area contributed by atoms with E-state index in [1.807, 2.05) is 44.2 Å². The molecule has 30 heavy (non-hydrogen) atoms. The number of nitrogens with one attached hydrogen (secondary N) is 2. The molecular weight excluding hydrogens is 378 g/mol. The minimum Gasteiger partial charge on any atom is -0.497 e. The molecule has 2 aromatic rings. The molecule has 0 radical (unpaired) electrons. The number of carbonyl (C=O) groups excluding carboxylic acids is 2. The number of hydrogen-bond donors (Lipinski definition) is 3. The monoisotopic (exact) mass is 409 g/mol. The number of aryl methyl sites for hydroxylation is 1. The first-order valence-corrected chi connectivity index (χ1v) is 10.1. The molecule has 0 aliphatic rings. The molecule has 2 amide bonds. The van der Waals surface area contributed by atoms with Crippen LogP contribution in [-0.4, -0.2) is 31.0 Å². The highest BCUT2D eigenvalue weighted by molar-refractivity contribution is 5.99. The van der Waals surface area contributed by atoms with E-state index in [0.29, 0.717) is 17.9 Å². The third kappa shape index (κ3) is 7.72. The van der Waals surface area contributed by atoms with Gasteiger partial charge in [0.1, 0.15) is 5.75 Å². The lowest BCUT2D eigenvalue weighted by Gasteiger charge is -2.20. The summed E-state index contributed by atoms with van der Waals surface area (Å²) in [6.07, 6.45) is 4.59. The number of anilines is 1. The molecule has 2 atom stereocenters. The molecule has 0 aliphatic heterocycles. The molecule has 160 valence electrons. The van der Waals surface area contributed by atoms with Crippen molar-refractivity contribution in [2.24, 2.45) is 11.7 Å². The molecule has 6 nitrogen and oxygen atoms in total. The van der Waals surface area contributed by atoms with Gasteiger partial charge in [0, 0.05) is 17.8 Å². The Morgan fingerprint density at radius 3 is 2.33 bits per heavy atom. The number of carbonyl (C=O) groups is 2. The maximum Gasteiger partial charge on any atom is 0.248 e. The van der Waals surface area contributed by atoms with Crippen LogP contribution in [0.3, 0.4) is 0 Å². The molecule has 0 heterocycles. The van der Waals surface area contributed by atoms with Gasteiger partial charge in [0.05, 0.1) is 13.2 Å². The number of hydrogen-bond acceptors (Lipinski definition) is 4. The zero-order chi connectivity index (χ0) is 21.9. The van der Waals surface area contributed by atoms with Gasteiger partial charge < -0.3 is 21.1 Å². The Bertz CT molecular complexity index is 833. The van der Waals surface area contributed by atoms with Crippen LogP contribution in [0, 0.1) is 5.92 Å². The second-order valence-electron chi connectivity index (χ2n) is 7.49. The van der Waals surface area contributed by atoms with E-state index in [2.05, 4.69) is 10.6 Å². The summed E-state index contributed by atoms with van der Waals surface area (Å²) < 4.78 is 5.11. The quantitative estimate of drug-likeness (QED) is 0.525.